The van der Waals surface area contributed by atoms with E-state index in [-0.39, 0.29) is 43.2 Å². The van der Waals surface area contributed by atoms with Crippen LogP contribution in [-0.4, -0.2) is 29.0 Å². The first-order valence-corrected chi connectivity index (χ1v) is 9.92. The van der Waals surface area contributed by atoms with Crippen molar-refractivity contribution in [3.8, 4) is 10.6 Å². The number of alkyl halides is 3. The molecule has 2 N–H and O–H groups in total. The van der Waals surface area contributed by atoms with Crippen LogP contribution in [0.3, 0.4) is 0 Å². The summed E-state index contributed by atoms with van der Waals surface area (Å²) in [5.74, 6) is -0.0813. The Labute approximate surface area is 183 Å². The Bertz CT molecular complexity index is 834. The summed E-state index contributed by atoms with van der Waals surface area (Å²) in [5, 5.41) is 8.85. The minimum atomic E-state index is -4.38. The summed E-state index contributed by atoms with van der Waals surface area (Å²) in [6, 6.07) is 6.30. The molecule has 2 aliphatic heterocycles. The Balaban J connectivity index is 0.00000150. The van der Waals surface area contributed by atoms with E-state index >= 15 is 0 Å². The van der Waals surface area contributed by atoms with Gasteiger partial charge in [-0.05, 0) is 37.8 Å². The van der Waals surface area contributed by atoms with Crippen molar-refractivity contribution in [3.05, 3.63) is 40.9 Å². The van der Waals surface area contributed by atoms with Gasteiger partial charge in [-0.15, -0.1) is 36.2 Å². The lowest BCUT2D eigenvalue weighted by molar-refractivity contribution is -0.137. The average Bonchev–Trinajstić information content (AvgIpc) is 3.20. The fourth-order valence-corrected chi connectivity index (χ4v) is 4.78. The van der Waals surface area contributed by atoms with Crippen molar-refractivity contribution in [2.24, 2.45) is 0 Å². The van der Waals surface area contributed by atoms with E-state index in [9.17, 15) is 18.0 Å². The smallest absolute Gasteiger partial charge is 0.353 e. The highest BCUT2D eigenvalue weighted by atomic mass is 35.5. The second-order valence-electron chi connectivity index (χ2n) is 7.27. The normalized spacial score (nSPS) is 23.1. The van der Waals surface area contributed by atoms with Crippen LogP contribution in [0, 0.1) is 0 Å². The molecule has 1 aromatic heterocycles. The third-order valence-corrected chi connectivity index (χ3v) is 6.11. The van der Waals surface area contributed by atoms with Gasteiger partial charge in [-0.2, -0.15) is 13.2 Å². The van der Waals surface area contributed by atoms with Gasteiger partial charge < -0.3 is 10.6 Å². The second-order valence-corrected chi connectivity index (χ2v) is 8.13. The second kappa shape index (κ2) is 9.64. The van der Waals surface area contributed by atoms with Crippen molar-refractivity contribution in [2.45, 2.75) is 56.4 Å². The third kappa shape index (κ3) is 5.84. The molecule has 4 rings (SSSR count). The summed E-state index contributed by atoms with van der Waals surface area (Å²) < 4.78 is 38.6. The van der Waals surface area contributed by atoms with Gasteiger partial charge in [-0.25, -0.2) is 4.98 Å². The number of amides is 1. The number of halogens is 5. The molecule has 10 heteroatoms. The lowest BCUT2D eigenvalue weighted by atomic mass is 9.99. The van der Waals surface area contributed by atoms with Gasteiger partial charge in [0.1, 0.15) is 5.01 Å². The number of benzene rings is 1. The van der Waals surface area contributed by atoms with Crippen molar-refractivity contribution in [1.29, 1.82) is 0 Å². The average molecular weight is 468 g/mol. The van der Waals surface area contributed by atoms with Crippen molar-refractivity contribution < 1.29 is 18.0 Å². The Hall–Kier alpha value is -1.35. The standard InChI is InChI=1S/C19H20F3N3OS.2ClH/c20-19(21,22)12-3-1-2-11(6-12)18-25-16(10-27-18)9-17(26)24-15-7-13-4-5-14(8-15)23-13;;/h1-3,6,10,13-15,23H,4-5,7-9H2,(H,24,26);2*1H. The zero-order valence-electron chi connectivity index (χ0n) is 15.4. The number of nitrogens with one attached hydrogen (secondary N) is 2. The van der Waals surface area contributed by atoms with Gasteiger partial charge in [-0.3, -0.25) is 4.79 Å². The number of nitrogens with zero attached hydrogens (tertiary/aromatic N) is 1. The Morgan fingerprint density at radius 2 is 1.90 bits per heavy atom. The molecule has 2 unspecified atom stereocenters. The molecule has 3 heterocycles. The molecule has 2 fully saturated rings. The number of aromatic nitrogens is 1. The highest BCUT2D eigenvalue weighted by molar-refractivity contribution is 7.13. The molecule has 2 aromatic rings. The molecule has 2 bridgehead atoms. The number of rotatable bonds is 4. The van der Waals surface area contributed by atoms with Crippen molar-refractivity contribution in [2.75, 3.05) is 0 Å². The van der Waals surface area contributed by atoms with E-state index in [0.29, 0.717) is 28.3 Å². The molecule has 2 saturated heterocycles. The number of thiazole rings is 1. The van der Waals surface area contributed by atoms with Gasteiger partial charge in [-0.1, -0.05) is 12.1 Å². The first-order valence-electron chi connectivity index (χ1n) is 9.04. The lowest BCUT2D eigenvalue weighted by Gasteiger charge is -2.29. The van der Waals surface area contributed by atoms with E-state index < -0.39 is 11.7 Å². The highest BCUT2D eigenvalue weighted by Gasteiger charge is 2.34. The van der Waals surface area contributed by atoms with Crippen molar-refractivity contribution in [3.63, 3.8) is 0 Å². The molecule has 1 aromatic carbocycles. The minimum Gasteiger partial charge on any atom is -0.353 e. The molecule has 2 atom stereocenters. The molecule has 160 valence electrons. The first-order chi connectivity index (χ1) is 12.9. The zero-order chi connectivity index (χ0) is 19.0. The number of fused-ring (bicyclic) bond motifs is 2. The Morgan fingerprint density at radius 3 is 2.55 bits per heavy atom. The number of carbonyl (C=O) groups excluding carboxylic acids is 1. The molecule has 0 saturated carbocycles. The largest absolute Gasteiger partial charge is 0.416 e. The number of piperidine rings is 1. The van der Waals surface area contributed by atoms with Gasteiger partial charge in [0.2, 0.25) is 5.91 Å². The summed E-state index contributed by atoms with van der Waals surface area (Å²) in [5.41, 5.74) is 0.299. The minimum absolute atomic E-state index is 0. The predicted octanol–water partition coefficient (Wildman–Crippen LogP) is 4.61. The van der Waals surface area contributed by atoms with Crippen molar-refractivity contribution in [1.82, 2.24) is 15.6 Å². The molecule has 0 radical (unpaired) electrons. The van der Waals surface area contributed by atoms with E-state index in [1.807, 2.05) is 0 Å². The molecule has 4 nitrogen and oxygen atoms in total. The quantitative estimate of drug-likeness (QED) is 0.689. The maximum atomic E-state index is 12.9. The van der Waals surface area contributed by atoms with Crippen LogP contribution in [0.2, 0.25) is 0 Å². The Kier molecular flexibility index (Phi) is 7.95. The van der Waals surface area contributed by atoms with E-state index in [0.717, 1.165) is 25.0 Å². The van der Waals surface area contributed by atoms with Crippen LogP contribution in [0.25, 0.3) is 10.6 Å². The summed E-state index contributed by atoms with van der Waals surface area (Å²) in [6.45, 7) is 0. The maximum absolute atomic E-state index is 12.9. The van der Waals surface area contributed by atoms with Crippen molar-refractivity contribution >= 4 is 42.1 Å². The highest BCUT2D eigenvalue weighted by Crippen LogP contribution is 2.33. The predicted molar refractivity (Wildman–Crippen MR) is 112 cm³/mol. The SMILES string of the molecule is Cl.Cl.O=C(Cc1csc(-c2cccc(C(F)(F)F)c2)n1)NC1CC2CCC(C1)N2. The topological polar surface area (TPSA) is 54.0 Å². The van der Waals surface area contributed by atoms with Crippen LogP contribution in [0.15, 0.2) is 29.6 Å². The summed E-state index contributed by atoms with van der Waals surface area (Å²) in [4.78, 5) is 16.7. The van der Waals surface area contributed by atoms with E-state index in [2.05, 4.69) is 15.6 Å². The zero-order valence-corrected chi connectivity index (χ0v) is 17.8. The molecule has 2 aliphatic rings. The van der Waals surface area contributed by atoms with Crippen LogP contribution in [0.5, 0.6) is 0 Å². The molecular weight excluding hydrogens is 446 g/mol. The van der Waals surface area contributed by atoms with E-state index in [1.54, 1.807) is 11.4 Å². The van der Waals surface area contributed by atoms with Crippen LogP contribution >= 0.6 is 36.2 Å². The fourth-order valence-electron chi connectivity index (χ4n) is 3.97. The fraction of sp³-hybridized carbons (Fsp3) is 0.474. The third-order valence-electron chi connectivity index (χ3n) is 5.17. The lowest BCUT2D eigenvalue weighted by Crippen LogP contribution is -2.48. The van der Waals surface area contributed by atoms with Gasteiger partial charge in [0.05, 0.1) is 17.7 Å². The number of hydrogen-bond acceptors (Lipinski definition) is 4. The van der Waals surface area contributed by atoms with Gasteiger partial charge in [0.15, 0.2) is 0 Å². The van der Waals surface area contributed by atoms with Gasteiger partial charge >= 0.3 is 6.18 Å². The maximum Gasteiger partial charge on any atom is 0.416 e. The summed E-state index contributed by atoms with van der Waals surface area (Å²) >= 11 is 1.25. The van der Waals surface area contributed by atoms with E-state index in [1.165, 1.54) is 30.2 Å². The van der Waals surface area contributed by atoms with Crippen LogP contribution in [0.1, 0.15) is 36.9 Å². The Morgan fingerprint density at radius 1 is 1.21 bits per heavy atom. The molecule has 0 spiro atoms. The summed E-state index contributed by atoms with van der Waals surface area (Å²) in [6.07, 6.45) is 0.00943. The first kappa shape index (κ1) is 23.9. The van der Waals surface area contributed by atoms with E-state index in [4.69, 9.17) is 0 Å². The number of hydrogen-bond donors (Lipinski definition) is 2. The number of carbonyl (C=O) groups is 1. The molecule has 1 amide bonds. The monoisotopic (exact) mass is 467 g/mol. The van der Waals surface area contributed by atoms with Gasteiger partial charge in [0.25, 0.3) is 0 Å². The van der Waals surface area contributed by atoms with Gasteiger partial charge in [0, 0.05) is 29.1 Å². The van der Waals surface area contributed by atoms with Crippen LogP contribution in [0.4, 0.5) is 13.2 Å². The van der Waals surface area contributed by atoms with Crippen LogP contribution < -0.4 is 10.6 Å². The molecule has 0 aliphatic carbocycles. The van der Waals surface area contributed by atoms with Crippen LogP contribution in [-0.2, 0) is 17.4 Å². The molecule has 29 heavy (non-hydrogen) atoms. The molecular formula is C19H22Cl2F3N3OS. The summed E-state index contributed by atoms with van der Waals surface area (Å²) in [7, 11) is 0.